The van der Waals surface area contributed by atoms with Crippen molar-refractivity contribution in [3.8, 4) is 0 Å². The van der Waals surface area contributed by atoms with Gasteiger partial charge in [0, 0.05) is 44.0 Å². The van der Waals surface area contributed by atoms with Gasteiger partial charge in [-0.25, -0.2) is 9.18 Å². The van der Waals surface area contributed by atoms with Gasteiger partial charge in [-0.05, 0) is 49.8 Å². The molecule has 0 saturated carbocycles. The Bertz CT molecular complexity index is 1010. The third kappa shape index (κ3) is 6.65. The molecule has 4 rings (SSSR count). The van der Waals surface area contributed by atoms with Crippen LogP contribution in [0, 0.1) is 5.82 Å². The number of halogens is 1. The van der Waals surface area contributed by atoms with Crippen LogP contribution in [-0.4, -0.2) is 59.0 Å². The van der Waals surface area contributed by atoms with Crippen molar-refractivity contribution >= 4 is 17.7 Å². The highest BCUT2D eigenvalue weighted by atomic mass is 32.2. The van der Waals surface area contributed by atoms with Crippen molar-refractivity contribution in [2.24, 2.45) is 0 Å². The fraction of sp³-hybridized carbons (Fsp3) is 0.542. The van der Waals surface area contributed by atoms with Crippen molar-refractivity contribution in [2.75, 3.05) is 38.6 Å². The van der Waals surface area contributed by atoms with E-state index in [0.29, 0.717) is 18.1 Å². The molecule has 0 unspecified atom stereocenters. The molecule has 7 nitrogen and oxygen atoms in total. The summed E-state index contributed by atoms with van der Waals surface area (Å²) in [6.45, 7) is 5.43. The Labute approximate surface area is 197 Å². The van der Waals surface area contributed by atoms with Crippen LogP contribution in [0.5, 0.6) is 0 Å². The Morgan fingerprint density at radius 2 is 1.88 bits per heavy atom. The van der Waals surface area contributed by atoms with Crippen molar-refractivity contribution in [1.82, 2.24) is 19.8 Å². The van der Waals surface area contributed by atoms with Gasteiger partial charge in [-0.15, -0.1) is 0 Å². The van der Waals surface area contributed by atoms with Gasteiger partial charge >= 0.3 is 5.69 Å². The fourth-order valence-electron chi connectivity index (χ4n) is 4.36. The van der Waals surface area contributed by atoms with Gasteiger partial charge in [0.15, 0.2) is 0 Å². The summed E-state index contributed by atoms with van der Waals surface area (Å²) in [7, 11) is 0. The predicted molar refractivity (Wildman–Crippen MR) is 126 cm³/mol. The molecule has 1 N–H and O–H groups in total. The number of carbonyl (C=O) groups excluding carboxylic acids is 1. The number of fused-ring (bicyclic) bond motifs is 1. The number of hydrogen-bond donors (Lipinski definition) is 1. The highest BCUT2D eigenvalue weighted by Gasteiger charge is 2.21. The van der Waals surface area contributed by atoms with Crippen LogP contribution < -0.4 is 11.0 Å². The first-order chi connectivity index (χ1) is 16.1. The predicted octanol–water partition coefficient (Wildman–Crippen LogP) is 2.39. The molecule has 0 radical (unpaired) electrons. The second-order valence-electron chi connectivity index (χ2n) is 8.48. The zero-order valence-electron chi connectivity index (χ0n) is 18.9. The third-order valence-corrected chi connectivity index (χ3v) is 7.17. The van der Waals surface area contributed by atoms with Gasteiger partial charge in [0.25, 0.3) is 0 Å². The zero-order chi connectivity index (χ0) is 23.0. The van der Waals surface area contributed by atoms with Crippen LogP contribution in [0.4, 0.5) is 4.39 Å². The van der Waals surface area contributed by atoms with Crippen LogP contribution in [0.25, 0.3) is 0 Å². The van der Waals surface area contributed by atoms with Crippen LogP contribution in [0.2, 0.25) is 0 Å². The molecule has 1 aliphatic heterocycles. The summed E-state index contributed by atoms with van der Waals surface area (Å²) in [5.74, 6) is -0.237. The van der Waals surface area contributed by atoms with Crippen molar-refractivity contribution in [2.45, 2.75) is 50.2 Å². The lowest BCUT2D eigenvalue weighted by Gasteiger charge is -2.27. The van der Waals surface area contributed by atoms with Crippen LogP contribution in [0.3, 0.4) is 0 Å². The van der Waals surface area contributed by atoms with Crippen LogP contribution in [-0.2, 0) is 35.5 Å². The van der Waals surface area contributed by atoms with Gasteiger partial charge in [-0.2, -0.15) is 4.98 Å². The Balaban J connectivity index is 1.35. The minimum atomic E-state index is -0.299. The van der Waals surface area contributed by atoms with E-state index in [2.05, 4.69) is 15.2 Å². The Kier molecular flexibility index (Phi) is 8.52. The Morgan fingerprint density at radius 1 is 1.12 bits per heavy atom. The molecule has 1 fully saturated rings. The van der Waals surface area contributed by atoms with Crippen LogP contribution in [0.15, 0.2) is 34.1 Å². The Hall–Kier alpha value is -2.23. The number of carbonyl (C=O) groups is 1. The van der Waals surface area contributed by atoms with E-state index in [1.165, 1.54) is 23.9 Å². The summed E-state index contributed by atoms with van der Waals surface area (Å²) in [5, 5.41) is 3.54. The summed E-state index contributed by atoms with van der Waals surface area (Å²) in [5.41, 5.74) is 2.85. The monoisotopic (exact) mass is 474 g/mol. The first kappa shape index (κ1) is 23.9. The lowest BCUT2D eigenvalue weighted by Crippen LogP contribution is -2.38. The summed E-state index contributed by atoms with van der Waals surface area (Å²) < 4.78 is 20.3. The number of nitrogens with one attached hydrogen (secondary N) is 1. The number of morpholine rings is 1. The van der Waals surface area contributed by atoms with Gasteiger partial charge in [0.1, 0.15) is 10.8 Å². The molecule has 1 aromatic heterocycles. The number of thioether (sulfide) groups is 1. The molecule has 2 aromatic rings. The molecular formula is C24H31FN4O3S. The second kappa shape index (κ2) is 11.8. The number of amides is 1. The minimum absolute atomic E-state index is 0.134. The minimum Gasteiger partial charge on any atom is -0.379 e. The highest BCUT2D eigenvalue weighted by molar-refractivity contribution is 7.99. The summed E-state index contributed by atoms with van der Waals surface area (Å²) in [6, 6.07) is 6.06. The molecule has 1 aromatic carbocycles. The van der Waals surface area contributed by atoms with Gasteiger partial charge in [0.05, 0.1) is 19.0 Å². The number of benzene rings is 1. The number of hydrogen-bond acceptors (Lipinski definition) is 6. The zero-order valence-corrected chi connectivity index (χ0v) is 19.7. The van der Waals surface area contributed by atoms with Crippen molar-refractivity contribution in [1.29, 1.82) is 0 Å². The maximum Gasteiger partial charge on any atom is 0.348 e. The van der Waals surface area contributed by atoms with E-state index in [1.807, 2.05) is 4.57 Å². The molecule has 1 amide bonds. The second-order valence-corrected chi connectivity index (χ2v) is 9.45. The van der Waals surface area contributed by atoms with Crippen molar-refractivity contribution in [3.05, 3.63) is 57.4 Å². The van der Waals surface area contributed by atoms with Crippen molar-refractivity contribution in [3.63, 3.8) is 0 Å². The topological polar surface area (TPSA) is 76.5 Å². The highest BCUT2D eigenvalue weighted by Crippen LogP contribution is 2.28. The van der Waals surface area contributed by atoms with Gasteiger partial charge in [-0.1, -0.05) is 23.9 Å². The number of rotatable bonds is 9. The molecular weight excluding hydrogens is 443 g/mol. The van der Waals surface area contributed by atoms with E-state index >= 15 is 0 Å². The average molecular weight is 475 g/mol. The standard InChI is InChI=1S/C24H31FN4O3S/c25-19-8-6-18(7-9-19)16-26-22(30)17-33-23-20-4-1-2-5-21(20)29(24(31)27-23)11-3-10-28-12-14-32-15-13-28/h6-9H,1-5,10-17H2,(H,26,30). The normalized spacial score (nSPS) is 16.4. The first-order valence-electron chi connectivity index (χ1n) is 11.7. The molecule has 2 aliphatic rings. The molecule has 1 aliphatic carbocycles. The molecule has 9 heteroatoms. The lowest BCUT2D eigenvalue weighted by molar-refractivity contribution is -0.118. The molecule has 2 heterocycles. The molecule has 33 heavy (non-hydrogen) atoms. The van der Waals surface area contributed by atoms with E-state index in [1.54, 1.807) is 12.1 Å². The van der Waals surface area contributed by atoms with E-state index < -0.39 is 0 Å². The van der Waals surface area contributed by atoms with Crippen molar-refractivity contribution < 1.29 is 13.9 Å². The molecule has 0 atom stereocenters. The maximum atomic E-state index is 13.0. The fourth-order valence-corrected chi connectivity index (χ4v) is 5.27. The number of nitrogens with zero attached hydrogens (tertiary/aromatic N) is 3. The molecule has 0 spiro atoms. The average Bonchev–Trinajstić information content (AvgIpc) is 2.84. The van der Waals surface area contributed by atoms with E-state index in [0.717, 1.165) is 81.8 Å². The molecule has 178 valence electrons. The van der Waals surface area contributed by atoms with Gasteiger partial charge in [-0.3, -0.25) is 14.3 Å². The van der Waals surface area contributed by atoms with E-state index in [-0.39, 0.29) is 23.2 Å². The molecule has 0 bridgehead atoms. The van der Waals surface area contributed by atoms with Crippen LogP contribution >= 0.6 is 11.8 Å². The largest absolute Gasteiger partial charge is 0.379 e. The first-order valence-corrected chi connectivity index (χ1v) is 12.7. The molecule has 1 saturated heterocycles. The van der Waals surface area contributed by atoms with E-state index in [4.69, 9.17) is 4.74 Å². The number of aromatic nitrogens is 2. The van der Waals surface area contributed by atoms with E-state index in [9.17, 15) is 14.0 Å². The summed E-state index contributed by atoms with van der Waals surface area (Å²) >= 11 is 1.33. The van der Waals surface area contributed by atoms with Gasteiger partial charge in [0.2, 0.25) is 5.91 Å². The quantitative estimate of drug-likeness (QED) is 0.444. The maximum absolute atomic E-state index is 13.0. The smallest absolute Gasteiger partial charge is 0.348 e. The van der Waals surface area contributed by atoms with Crippen LogP contribution in [0.1, 0.15) is 36.1 Å². The summed E-state index contributed by atoms with van der Waals surface area (Å²) in [6.07, 6.45) is 4.83. The summed E-state index contributed by atoms with van der Waals surface area (Å²) in [4.78, 5) is 31.9. The van der Waals surface area contributed by atoms with Gasteiger partial charge < -0.3 is 10.1 Å². The lowest BCUT2D eigenvalue weighted by atomic mass is 9.97. The Morgan fingerprint density at radius 3 is 2.67 bits per heavy atom. The SMILES string of the molecule is O=C(CSc1nc(=O)n(CCCN2CCOCC2)c2c1CCCC2)NCc1ccc(F)cc1. The number of ether oxygens (including phenoxy) is 1. The third-order valence-electron chi connectivity index (χ3n) is 6.15.